The molecule has 0 saturated heterocycles. The third-order valence-electron chi connectivity index (χ3n) is 2.96. The fourth-order valence-electron chi connectivity index (χ4n) is 1.93. The minimum atomic E-state index is -0.0420. The van der Waals surface area contributed by atoms with Crippen molar-refractivity contribution in [2.45, 2.75) is 32.6 Å². The van der Waals surface area contributed by atoms with Gasteiger partial charge in [0.1, 0.15) is 0 Å². The molecule has 2 N–H and O–H groups in total. The molecule has 0 spiro atoms. The van der Waals surface area contributed by atoms with Crippen molar-refractivity contribution in [2.75, 3.05) is 12.4 Å². The Hall–Kier alpha value is -1.77. The second-order valence-electron chi connectivity index (χ2n) is 4.99. The first-order valence-corrected chi connectivity index (χ1v) is 6.17. The van der Waals surface area contributed by atoms with Crippen molar-refractivity contribution in [2.24, 2.45) is 0 Å². The molecule has 0 aliphatic rings. The number of anilines is 1. The highest BCUT2D eigenvalue weighted by atomic mass is 16.1. The smallest absolute Gasteiger partial charge is 0.220 e. The van der Waals surface area contributed by atoms with E-state index in [4.69, 9.17) is 0 Å². The van der Waals surface area contributed by atoms with Crippen molar-refractivity contribution in [1.29, 1.82) is 0 Å². The fourth-order valence-corrected chi connectivity index (χ4v) is 1.93. The molecule has 3 heteroatoms. The second kappa shape index (κ2) is 6.24. The van der Waals surface area contributed by atoms with Gasteiger partial charge in [-0.15, -0.1) is 0 Å². The summed E-state index contributed by atoms with van der Waals surface area (Å²) in [5.41, 5.74) is 2.45. The zero-order valence-corrected chi connectivity index (χ0v) is 11.6. The lowest BCUT2D eigenvalue weighted by atomic mass is 9.80. The average Bonchev–Trinajstić information content (AvgIpc) is 2.34. The maximum Gasteiger partial charge on any atom is 0.220 e. The molecule has 0 bridgehead atoms. The molecule has 1 aromatic carbocycles. The number of allylic oxidation sites excluding steroid dienone is 1. The van der Waals surface area contributed by atoms with Crippen LogP contribution in [0.5, 0.6) is 0 Å². The van der Waals surface area contributed by atoms with E-state index in [1.807, 2.05) is 19.2 Å². The zero-order valence-electron chi connectivity index (χ0n) is 11.6. The van der Waals surface area contributed by atoms with E-state index < -0.39 is 0 Å². The van der Waals surface area contributed by atoms with Gasteiger partial charge in [0.15, 0.2) is 0 Å². The molecule has 1 aromatic rings. The van der Waals surface area contributed by atoms with Crippen molar-refractivity contribution < 1.29 is 4.79 Å². The van der Waals surface area contributed by atoms with Crippen LogP contribution in [0.1, 0.15) is 32.8 Å². The van der Waals surface area contributed by atoms with Gasteiger partial charge < -0.3 is 10.6 Å². The van der Waals surface area contributed by atoms with E-state index in [9.17, 15) is 4.79 Å². The molecule has 0 fully saturated rings. The molecule has 1 rings (SSSR count). The SMILES string of the molecule is CNc1ccccc1C(C)(C)C/C=C/NC(C)=O. The highest BCUT2D eigenvalue weighted by Crippen LogP contribution is 2.32. The van der Waals surface area contributed by atoms with Crippen molar-refractivity contribution in [3.8, 4) is 0 Å². The maximum absolute atomic E-state index is 10.8. The summed E-state index contributed by atoms with van der Waals surface area (Å²) < 4.78 is 0. The summed E-state index contributed by atoms with van der Waals surface area (Å²) in [7, 11) is 1.93. The number of benzene rings is 1. The summed E-state index contributed by atoms with van der Waals surface area (Å²) in [6.45, 7) is 5.90. The topological polar surface area (TPSA) is 41.1 Å². The molecule has 1 amide bonds. The number of carbonyl (C=O) groups excluding carboxylic acids is 1. The van der Waals surface area contributed by atoms with Crippen LogP contribution in [-0.4, -0.2) is 13.0 Å². The standard InChI is InChI=1S/C15H22N2O/c1-12(18)17-11-7-10-15(2,3)13-8-5-6-9-14(13)16-4/h5-9,11,16H,10H2,1-4H3,(H,17,18)/b11-7+. The summed E-state index contributed by atoms with van der Waals surface area (Å²) in [5, 5.41) is 5.88. The van der Waals surface area contributed by atoms with Gasteiger partial charge in [-0.25, -0.2) is 0 Å². The molecule has 0 aromatic heterocycles. The number of rotatable bonds is 5. The van der Waals surface area contributed by atoms with E-state index in [1.165, 1.54) is 12.5 Å². The molecule has 0 atom stereocenters. The van der Waals surface area contributed by atoms with E-state index in [0.717, 1.165) is 12.1 Å². The Morgan fingerprint density at radius 3 is 2.61 bits per heavy atom. The maximum atomic E-state index is 10.8. The normalized spacial score (nSPS) is 11.6. The van der Waals surface area contributed by atoms with Crippen molar-refractivity contribution >= 4 is 11.6 Å². The number of amides is 1. The Morgan fingerprint density at radius 2 is 2.00 bits per heavy atom. The number of hydrogen-bond acceptors (Lipinski definition) is 2. The molecule has 98 valence electrons. The van der Waals surface area contributed by atoms with E-state index in [-0.39, 0.29) is 11.3 Å². The largest absolute Gasteiger partial charge is 0.388 e. The highest BCUT2D eigenvalue weighted by Gasteiger charge is 2.21. The fraction of sp³-hybridized carbons (Fsp3) is 0.400. The van der Waals surface area contributed by atoms with Gasteiger partial charge in [-0.2, -0.15) is 0 Å². The van der Waals surface area contributed by atoms with E-state index in [2.05, 4.69) is 42.7 Å². The van der Waals surface area contributed by atoms with Crippen LogP contribution in [0.15, 0.2) is 36.5 Å². The van der Waals surface area contributed by atoms with Gasteiger partial charge in [-0.3, -0.25) is 4.79 Å². The molecule has 18 heavy (non-hydrogen) atoms. The predicted octanol–water partition coefficient (Wildman–Crippen LogP) is 3.05. The van der Waals surface area contributed by atoms with Gasteiger partial charge in [-0.05, 0) is 29.7 Å². The number of hydrogen-bond donors (Lipinski definition) is 2. The Balaban J connectivity index is 2.79. The van der Waals surface area contributed by atoms with Crippen LogP contribution in [0.2, 0.25) is 0 Å². The monoisotopic (exact) mass is 246 g/mol. The lowest BCUT2D eigenvalue weighted by Crippen LogP contribution is -2.18. The van der Waals surface area contributed by atoms with Crippen LogP contribution >= 0.6 is 0 Å². The first-order valence-electron chi connectivity index (χ1n) is 6.17. The van der Waals surface area contributed by atoms with E-state index in [0.29, 0.717) is 0 Å². The Morgan fingerprint density at radius 1 is 1.33 bits per heavy atom. The van der Waals surface area contributed by atoms with Gasteiger partial charge >= 0.3 is 0 Å². The van der Waals surface area contributed by atoms with Gasteiger partial charge in [0, 0.05) is 19.7 Å². The molecular formula is C15H22N2O. The molecular weight excluding hydrogens is 224 g/mol. The van der Waals surface area contributed by atoms with Gasteiger partial charge in [-0.1, -0.05) is 38.1 Å². The molecule has 0 unspecified atom stereocenters. The van der Waals surface area contributed by atoms with Crippen LogP contribution in [0.3, 0.4) is 0 Å². The molecule has 0 radical (unpaired) electrons. The van der Waals surface area contributed by atoms with Gasteiger partial charge in [0.05, 0.1) is 0 Å². The first-order chi connectivity index (χ1) is 8.47. The van der Waals surface area contributed by atoms with Gasteiger partial charge in [0.25, 0.3) is 0 Å². The molecule has 0 saturated carbocycles. The number of para-hydroxylation sites is 1. The number of nitrogens with one attached hydrogen (secondary N) is 2. The Kier molecular flexibility index (Phi) is 4.95. The second-order valence-corrected chi connectivity index (χ2v) is 4.99. The minimum absolute atomic E-state index is 0.0224. The van der Waals surface area contributed by atoms with Crippen LogP contribution in [0, 0.1) is 0 Å². The number of carbonyl (C=O) groups is 1. The van der Waals surface area contributed by atoms with Crippen molar-refractivity contribution in [3.05, 3.63) is 42.1 Å². The summed E-state index contributed by atoms with van der Waals surface area (Å²) in [6.07, 6.45) is 4.58. The van der Waals surface area contributed by atoms with Crippen LogP contribution in [0.25, 0.3) is 0 Å². The summed E-state index contributed by atoms with van der Waals surface area (Å²) in [5.74, 6) is -0.0420. The summed E-state index contributed by atoms with van der Waals surface area (Å²) >= 11 is 0. The predicted molar refractivity (Wildman–Crippen MR) is 76.6 cm³/mol. The van der Waals surface area contributed by atoms with Crippen LogP contribution in [0.4, 0.5) is 5.69 Å². The van der Waals surface area contributed by atoms with E-state index in [1.54, 1.807) is 6.20 Å². The van der Waals surface area contributed by atoms with Crippen LogP contribution < -0.4 is 10.6 Å². The quantitative estimate of drug-likeness (QED) is 0.838. The minimum Gasteiger partial charge on any atom is -0.388 e. The lowest BCUT2D eigenvalue weighted by molar-refractivity contribution is -0.118. The third kappa shape index (κ3) is 3.91. The Bertz CT molecular complexity index is 436. The van der Waals surface area contributed by atoms with Crippen molar-refractivity contribution in [1.82, 2.24) is 5.32 Å². The summed E-state index contributed by atoms with van der Waals surface area (Å²) in [6, 6.07) is 8.29. The zero-order chi connectivity index (χ0) is 13.6. The molecule has 3 nitrogen and oxygen atoms in total. The summed E-state index contributed by atoms with van der Waals surface area (Å²) in [4.78, 5) is 10.8. The first kappa shape index (κ1) is 14.3. The third-order valence-corrected chi connectivity index (χ3v) is 2.96. The average molecular weight is 246 g/mol. The molecule has 0 heterocycles. The van der Waals surface area contributed by atoms with E-state index >= 15 is 0 Å². The Labute approximate surface area is 109 Å². The molecule has 0 aliphatic heterocycles. The highest BCUT2D eigenvalue weighted by molar-refractivity contribution is 5.73. The van der Waals surface area contributed by atoms with Crippen LogP contribution in [-0.2, 0) is 10.2 Å². The lowest BCUT2D eigenvalue weighted by Gasteiger charge is -2.26. The molecule has 0 aliphatic carbocycles. The van der Waals surface area contributed by atoms with Crippen molar-refractivity contribution in [3.63, 3.8) is 0 Å². The van der Waals surface area contributed by atoms with Gasteiger partial charge in [0.2, 0.25) is 5.91 Å².